The number of urea groups is 1. The van der Waals surface area contributed by atoms with Crippen LogP contribution in [0.15, 0.2) is 47.1 Å². The lowest BCUT2D eigenvalue weighted by Crippen LogP contribution is -2.34. The summed E-state index contributed by atoms with van der Waals surface area (Å²) in [6.07, 6.45) is 2.45. The molecule has 120 valence electrons. The van der Waals surface area contributed by atoms with Crippen LogP contribution < -0.4 is 10.1 Å². The fourth-order valence-corrected chi connectivity index (χ4v) is 2.90. The molecule has 2 amide bonds. The number of aryl methyl sites for hydroxylation is 1. The molecule has 1 atom stereocenters. The zero-order chi connectivity index (χ0) is 16.2. The van der Waals surface area contributed by atoms with Crippen molar-refractivity contribution in [2.24, 2.45) is 0 Å². The first-order chi connectivity index (χ1) is 11.1. The van der Waals surface area contributed by atoms with Crippen LogP contribution in [0.3, 0.4) is 0 Å². The lowest BCUT2D eigenvalue weighted by atomic mass is 10.2. The Morgan fingerprint density at radius 1 is 1.39 bits per heavy atom. The maximum absolute atomic E-state index is 12.3. The first kappa shape index (κ1) is 15.8. The van der Waals surface area contributed by atoms with Crippen molar-refractivity contribution < 1.29 is 9.53 Å². The maximum Gasteiger partial charge on any atom is 0.321 e. The second-order valence-electron chi connectivity index (χ2n) is 5.56. The Morgan fingerprint density at radius 3 is 3.04 bits per heavy atom. The second kappa shape index (κ2) is 7.00. The molecule has 2 aromatic rings. The van der Waals surface area contributed by atoms with Crippen molar-refractivity contribution >= 4 is 27.6 Å². The van der Waals surface area contributed by atoms with Gasteiger partial charge in [0, 0.05) is 24.8 Å². The molecule has 0 radical (unpaired) electrons. The van der Waals surface area contributed by atoms with Gasteiger partial charge in [0.05, 0.1) is 11.0 Å². The van der Waals surface area contributed by atoms with Crippen molar-refractivity contribution in [3.63, 3.8) is 0 Å². The number of anilines is 1. The highest BCUT2D eigenvalue weighted by Gasteiger charge is 2.28. The van der Waals surface area contributed by atoms with Crippen LogP contribution in [-0.4, -0.2) is 35.1 Å². The number of likely N-dealkylation sites (tertiary alicyclic amines) is 1. The van der Waals surface area contributed by atoms with Crippen molar-refractivity contribution in [3.05, 3.63) is 52.6 Å². The average Bonchev–Trinajstić information content (AvgIpc) is 2.98. The highest BCUT2D eigenvalue weighted by atomic mass is 79.9. The summed E-state index contributed by atoms with van der Waals surface area (Å²) in [5, 5.41) is 2.93. The lowest BCUT2D eigenvalue weighted by Gasteiger charge is -2.18. The Bertz CT molecular complexity index is 708. The van der Waals surface area contributed by atoms with Crippen molar-refractivity contribution in [3.8, 4) is 5.88 Å². The first-order valence-electron chi connectivity index (χ1n) is 7.51. The van der Waals surface area contributed by atoms with Crippen LogP contribution in [0.1, 0.15) is 12.0 Å². The molecular formula is C17H18BrN3O2. The number of carbonyl (C=O) groups is 1. The SMILES string of the molecule is Cc1cccc(NC(=O)N2CCC(Oc3ncccc3Br)C2)c1. The highest BCUT2D eigenvalue weighted by molar-refractivity contribution is 9.10. The van der Waals surface area contributed by atoms with E-state index in [1.165, 1.54) is 0 Å². The number of benzene rings is 1. The van der Waals surface area contributed by atoms with Crippen molar-refractivity contribution in [1.29, 1.82) is 0 Å². The molecule has 2 heterocycles. The number of rotatable bonds is 3. The monoisotopic (exact) mass is 375 g/mol. The van der Waals surface area contributed by atoms with Crippen LogP contribution in [-0.2, 0) is 0 Å². The third-order valence-electron chi connectivity index (χ3n) is 3.70. The van der Waals surface area contributed by atoms with Gasteiger partial charge >= 0.3 is 6.03 Å². The molecule has 0 aliphatic carbocycles. The molecule has 6 heteroatoms. The molecule has 1 aliphatic rings. The van der Waals surface area contributed by atoms with E-state index in [1.807, 2.05) is 43.3 Å². The molecule has 1 fully saturated rings. The summed E-state index contributed by atoms with van der Waals surface area (Å²) in [6, 6.07) is 11.4. The van der Waals surface area contributed by atoms with Gasteiger partial charge in [-0.3, -0.25) is 0 Å². The minimum atomic E-state index is -0.0956. The quantitative estimate of drug-likeness (QED) is 0.886. The number of carbonyl (C=O) groups excluding carboxylic acids is 1. The Balaban J connectivity index is 1.57. The molecule has 1 saturated heterocycles. The van der Waals surface area contributed by atoms with E-state index in [4.69, 9.17) is 4.74 Å². The topological polar surface area (TPSA) is 54.5 Å². The maximum atomic E-state index is 12.3. The first-order valence-corrected chi connectivity index (χ1v) is 8.31. The molecule has 5 nitrogen and oxygen atoms in total. The van der Waals surface area contributed by atoms with Crippen LogP contribution in [0, 0.1) is 6.92 Å². The predicted molar refractivity (Wildman–Crippen MR) is 92.7 cm³/mol. The number of pyridine rings is 1. The molecule has 3 rings (SSSR count). The normalized spacial score (nSPS) is 17.1. The number of hydrogen-bond acceptors (Lipinski definition) is 3. The van der Waals surface area contributed by atoms with Gasteiger partial charge in [-0.25, -0.2) is 9.78 Å². The van der Waals surface area contributed by atoms with Gasteiger partial charge in [-0.1, -0.05) is 12.1 Å². The van der Waals surface area contributed by atoms with Gasteiger partial charge in [0.15, 0.2) is 0 Å². The van der Waals surface area contributed by atoms with E-state index in [-0.39, 0.29) is 12.1 Å². The molecule has 1 N–H and O–H groups in total. The summed E-state index contributed by atoms with van der Waals surface area (Å²) in [5.74, 6) is 0.568. The number of nitrogens with one attached hydrogen (secondary N) is 1. The molecule has 0 spiro atoms. The zero-order valence-corrected chi connectivity index (χ0v) is 14.4. The third-order valence-corrected chi connectivity index (χ3v) is 4.31. The van der Waals surface area contributed by atoms with Crippen molar-refractivity contribution in [2.45, 2.75) is 19.4 Å². The fourth-order valence-electron chi connectivity index (χ4n) is 2.55. The summed E-state index contributed by atoms with van der Waals surface area (Å²) in [7, 11) is 0. The molecular weight excluding hydrogens is 358 g/mol. The largest absolute Gasteiger partial charge is 0.472 e. The van der Waals surface area contributed by atoms with Crippen molar-refractivity contribution in [1.82, 2.24) is 9.88 Å². The summed E-state index contributed by atoms with van der Waals surface area (Å²) >= 11 is 3.42. The van der Waals surface area contributed by atoms with E-state index in [9.17, 15) is 4.79 Å². The van der Waals surface area contributed by atoms with Crippen LogP contribution >= 0.6 is 15.9 Å². The van der Waals surface area contributed by atoms with E-state index >= 15 is 0 Å². The second-order valence-corrected chi connectivity index (χ2v) is 6.42. The molecule has 1 aromatic carbocycles. The number of aromatic nitrogens is 1. The van der Waals surface area contributed by atoms with E-state index in [0.717, 1.165) is 22.1 Å². The van der Waals surface area contributed by atoms with Crippen LogP contribution in [0.4, 0.5) is 10.5 Å². The van der Waals surface area contributed by atoms with Gasteiger partial charge < -0.3 is 15.0 Å². The average molecular weight is 376 g/mol. The molecule has 1 unspecified atom stereocenters. The number of nitrogens with zero attached hydrogens (tertiary/aromatic N) is 2. The van der Waals surface area contributed by atoms with Crippen LogP contribution in [0.25, 0.3) is 0 Å². The molecule has 23 heavy (non-hydrogen) atoms. The number of hydrogen-bond donors (Lipinski definition) is 1. The van der Waals surface area contributed by atoms with E-state index in [0.29, 0.717) is 19.0 Å². The van der Waals surface area contributed by atoms with Crippen molar-refractivity contribution in [2.75, 3.05) is 18.4 Å². The number of halogens is 1. The number of ether oxygens (including phenoxy) is 1. The molecule has 1 aliphatic heterocycles. The van der Waals surface area contributed by atoms with Gasteiger partial charge in [0.1, 0.15) is 6.10 Å². The standard InChI is InChI=1S/C17H18BrN3O2/c1-12-4-2-5-13(10-12)20-17(22)21-9-7-14(11-21)23-16-15(18)6-3-8-19-16/h2-6,8,10,14H,7,9,11H2,1H3,(H,20,22). The van der Waals surface area contributed by atoms with Crippen LogP contribution in [0.2, 0.25) is 0 Å². The summed E-state index contributed by atoms with van der Waals surface area (Å²) < 4.78 is 6.70. The van der Waals surface area contributed by atoms with Gasteiger partial charge in [0.25, 0.3) is 0 Å². The van der Waals surface area contributed by atoms with Gasteiger partial charge in [0.2, 0.25) is 5.88 Å². The minimum absolute atomic E-state index is 0.0375. The third kappa shape index (κ3) is 4.01. The summed E-state index contributed by atoms with van der Waals surface area (Å²) in [5.41, 5.74) is 1.93. The Morgan fingerprint density at radius 2 is 2.26 bits per heavy atom. The van der Waals surface area contributed by atoms with E-state index < -0.39 is 0 Å². The van der Waals surface area contributed by atoms with Crippen LogP contribution in [0.5, 0.6) is 5.88 Å². The Hall–Kier alpha value is -2.08. The Labute approximate surface area is 143 Å². The lowest BCUT2D eigenvalue weighted by molar-refractivity contribution is 0.189. The predicted octanol–water partition coefficient (Wildman–Crippen LogP) is 3.84. The van der Waals surface area contributed by atoms with Gasteiger partial charge in [-0.15, -0.1) is 0 Å². The minimum Gasteiger partial charge on any atom is -0.472 e. The van der Waals surface area contributed by atoms with E-state index in [2.05, 4.69) is 26.2 Å². The zero-order valence-electron chi connectivity index (χ0n) is 12.8. The molecule has 1 aromatic heterocycles. The van der Waals surface area contributed by atoms with Gasteiger partial charge in [-0.2, -0.15) is 0 Å². The fraction of sp³-hybridized carbons (Fsp3) is 0.294. The Kier molecular flexibility index (Phi) is 4.81. The molecule has 0 bridgehead atoms. The summed E-state index contributed by atoms with van der Waals surface area (Å²) in [4.78, 5) is 18.3. The summed E-state index contributed by atoms with van der Waals surface area (Å²) in [6.45, 7) is 3.23. The number of amides is 2. The molecule has 0 saturated carbocycles. The van der Waals surface area contributed by atoms with Gasteiger partial charge in [-0.05, 0) is 52.7 Å². The van der Waals surface area contributed by atoms with E-state index in [1.54, 1.807) is 11.1 Å². The smallest absolute Gasteiger partial charge is 0.321 e. The highest BCUT2D eigenvalue weighted by Crippen LogP contribution is 2.24.